The van der Waals surface area contributed by atoms with Gasteiger partial charge in [-0.2, -0.15) is 5.01 Å². The lowest BCUT2D eigenvalue weighted by Crippen LogP contribution is -2.65. The van der Waals surface area contributed by atoms with Gasteiger partial charge in [-0.25, -0.2) is 4.79 Å². The third kappa shape index (κ3) is 4.74. The van der Waals surface area contributed by atoms with E-state index >= 15 is 0 Å². The van der Waals surface area contributed by atoms with Crippen molar-refractivity contribution in [2.75, 3.05) is 25.6 Å². The second kappa shape index (κ2) is 10.1. The molecule has 1 unspecified atom stereocenters. The Kier molecular flexibility index (Phi) is 8.81. The van der Waals surface area contributed by atoms with Gasteiger partial charge in [-0.3, -0.25) is 4.90 Å². The third-order valence-corrected chi connectivity index (χ3v) is 3.96. The number of halogens is 1. The minimum atomic E-state index is -1.62. The molecule has 0 radical (unpaired) electrons. The Labute approximate surface area is 144 Å². The first kappa shape index (κ1) is 21.0. The van der Waals surface area contributed by atoms with Crippen molar-refractivity contribution in [3.63, 3.8) is 0 Å². The van der Waals surface area contributed by atoms with E-state index in [1.54, 1.807) is 0 Å². The van der Waals surface area contributed by atoms with Crippen LogP contribution in [0.2, 0.25) is 0 Å². The van der Waals surface area contributed by atoms with E-state index in [9.17, 15) is 30.1 Å². The number of aliphatic hydroxyl groups excluding tert-OH is 4. The van der Waals surface area contributed by atoms with E-state index in [0.29, 0.717) is 17.9 Å². The van der Waals surface area contributed by atoms with E-state index in [1.807, 2.05) is 6.92 Å². The maximum Gasteiger partial charge on any atom is 0.345 e. The summed E-state index contributed by atoms with van der Waals surface area (Å²) in [5, 5.41) is 42.3. The summed E-state index contributed by atoms with van der Waals surface area (Å²) in [6, 6.07) is -0.844. The molecular formula is C13H24ClN3O7. The molecule has 1 heterocycles. The number of ether oxygens (including phenoxy) is 1. The summed E-state index contributed by atoms with van der Waals surface area (Å²) in [5.41, 5.74) is 0. The number of rotatable bonds is 8. The number of hydrogen-bond acceptors (Lipinski definition) is 8. The van der Waals surface area contributed by atoms with Gasteiger partial charge in [0.2, 0.25) is 0 Å². The van der Waals surface area contributed by atoms with Crippen molar-refractivity contribution in [1.29, 1.82) is 0 Å². The molecule has 5 atom stereocenters. The number of alkyl halides is 1. The number of nitrogens with zero attached hydrogens (tertiary/aromatic N) is 3. The number of carbonyl (C=O) groups is 1. The number of unbranched alkanes of at least 4 members (excludes halogenated alkanes) is 1. The van der Waals surface area contributed by atoms with Crippen molar-refractivity contribution in [3.05, 3.63) is 4.91 Å². The van der Waals surface area contributed by atoms with E-state index in [4.69, 9.17) is 16.3 Å². The molecule has 1 saturated heterocycles. The molecule has 1 rings (SSSR count). The second-order valence-corrected chi connectivity index (χ2v) is 5.82. The first-order chi connectivity index (χ1) is 11.4. The zero-order valence-corrected chi connectivity index (χ0v) is 14.1. The fourth-order valence-corrected chi connectivity index (χ4v) is 2.56. The molecule has 0 aromatic carbocycles. The molecular weight excluding hydrogens is 346 g/mol. The van der Waals surface area contributed by atoms with Gasteiger partial charge in [-0.1, -0.05) is 13.3 Å². The minimum absolute atomic E-state index is 0.0201. The Bertz CT molecular complexity index is 415. The maximum atomic E-state index is 12.5. The quantitative estimate of drug-likeness (QED) is 0.250. The van der Waals surface area contributed by atoms with Crippen molar-refractivity contribution < 1.29 is 30.0 Å². The van der Waals surface area contributed by atoms with Crippen LogP contribution < -0.4 is 0 Å². The van der Waals surface area contributed by atoms with Gasteiger partial charge in [-0.15, -0.1) is 16.5 Å². The highest BCUT2D eigenvalue weighted by Crippen LogP contribution is 2.25. The summed E-state index contributed by atoms with van der Waals surface area (Å²) < 4.78 is 5.38. The molecule has 0 aliphatic carbocycles. The number of urea groups is 1. The summed E-state index contributed by atoms with van der Waals surface area (Å²) in [6.45, 7) is 1.25. The molecule has 10 nitrogen and oxygen atoms in total. The predicted molar refractivity (Wildman–Crippen MR) is 84.0 cm³/mol. The molecule has 0 aromatic heterocycles. The minimum Gasteiger partial charge on any atom is -0.394 e. The largest absolute Gasteiger partial charge is 0.394 e. The lowest BCUT2D eigenvalue weighted by atomic mass is 9.97. The van der Waals surface area contributed by atoms with Crippen LogP contribution in [0.1, 0.15) is 19.8 Å². The van der Waals surface area contributed by atoms with E-state index in [0.717, 1.165) is 4.90 Å². The predicted octanol–water partition coefficient (Wildman–Crippen LogP) is -0.769. The Morgan fingerprint density at radius 3 is 2.38 bits per heavy atom. The van der Waals surface area contributed by atoms with Crippen LogP contribution in [-0.4, -0.2) is 92.6 Å². The molecule has 0 saturated carbocycles. The standard InChI is InChI=1S/C13H24ClN3O7/c1-2-3-5-16(13(22)17(15-23)6-4-14)12-11(21)10(20)9(19)8(7-18)24-12/h8-12,18-21H,2-7H2,1H3/t8-,9-,10+,11+,12?/m1/s1. The van der Waals surface area contributed by atoms with E-state index in [-0.39, 0.29) is 19.0 Å². The molecule has 24 heavy (non-hydrogen) atoms. The molecule has 11 heteroatoms. The normalized spacial score (nSPS) is 30.0. The van der Waals surface area contributed by atoms with Crippen molar-refractivity contribution in [3.8, 4) is 0 Å². The summed E-state index contributed by atoms with van der Waals surface area (Å²) in [4.78, 5) is 24.4. The second-order valence-electron chi connectivity index (χ2n) is 5.44. The number of nitroso groups, excluding NO2 is 1. The Morgan fingerprint density at radius 2 is 1.88 bits per heavy atom. The zero-order valence-electron chi connectivity index (χ0n) is 13.4. The molecule has 0 bridgehead atoms. The van der Waals surface area contributed by atoms with Crippen LogP contribution in [0.3, 0.4) is 0 Å². The topological polar surface area (TPSA) is 143 Å². The smallest absolute Gasteiger partial charge is 0.345 e. The number of carbonyl (C=O) groups excluding carboxylic acids is 1. The SMILES string of the molecule is CCCCN(C(=O)N(CCCl)N=O)C1O[C@H](CO)[C@@H](O)[C@H](O)[C@@H]1O. The monoisotopic (exact) mass is 369 g/mol. The fraction of sp³-hybridized carbons (Fsp3) is 0.923. The highest BCUT2D eigenvalue weighted by molar-refractivity contribution is 6.18. The van der Waals surface area contributed by atoms with E-state index < -0.39 is 43.3 Å². The lowest BCUT2D eigenvalue weighted by molar-refractivity contribution is -0.258. The molecule has 1 fully saturated rings. The maximum absolute atomic E-state index is 12.5. The van der Waals surface area contributed by atoms with Gasteiger partial charge in [0.15, 0.2) is 6.23 Å². The van der Waals surface area contributed by atoms with Gasteiger partial charge in [0.1, 0.15) is 24.4 Å². The lowest BCUT2D eigenvalue weighted by Gasteiger charge is -2.44. The van der Waals surface area contributed by atoms with Crippen molar-refractivity contribution in [2.45, 2.75) is 50.4 Å². The van der Waals surface area contributed by atoms with Crippen molar-refractivity contribution in [2.24, 2.45) is 5.29 Å². The van der Waals surface area contributed by atoms with E-state index in [1.165, 1.54) is 0 Å². The Morgan fingerprint density at radius 1 is 1.21 bits per heavy atom. The van der Waals surface area contributed by atoms with Crippen molar-refractivity contribution in [1.82, 2.24) is 9.91 Å². The van der Waals surface area contributed by atoms with E-state index in [2.05, 4.69) is 5.29 Å². The Hall–Kier alpha value is -1.04. The highest BCUT2D eigenvalue weighted by atomic mass is 35.5. The fourth-order valence-electron chi connectivity index (χ4n) is 2.40. The summed E-state index contributed by atoms with van der Waals surface area (Å²) >= 11 is 5.53. The average molecular weight is 370 g/mol. The third-order valence-electron chi connectivity index (χ3n) is 3.79. The molecule has 140 valence electrons. The molecule has 1 aliphatic heterocycles. The number of hydrogen-bond donors (Lipinski definition) is 4. The first-order valence-electron chi connectivity index (χ1n) is 7.70. The average Bonchev–Trinajstić information content (AvgIpc) is 2.59. The number of aliphatic hydroxyl groups is 4. The van der Waals surface area contributed by atoms with Crippen LogP contribution in [0.5, 0.6) is 0 Å². The van der Waals surface area contributed by atoms with Gasteiger partial charge < -0.3 is 25.2 Å². The van der Waals surface area contributed by atoms with Gasteiger partial charge in [-0.05, 0) is 6.42 Å². The van der Waals surface area contributed by atoms with Gasteiger partial charge in [0, 0.05) is 12.4 Å². The Balaban J connectivity index is 3.04. The van der Waals surface area contributed by atoms with Gasteiger partial charge >= 0.3 is 6.03 Å². The van der Waals surface area contributed by atoms with Crippen LogP contribution in [0.25, 0.3) is 0 Å². The van der Waals surface area contributed by atoms with Gasteiger partial charge in [0.05, 0.1) is 18.4 Å². The summed E-state index contributed by atoms with van der Waals surface area (Å²) in [6.07, 6.45) is -6.03. The highest BCUT2D eigenvalue weighted by Gasteiger charge is 2.47. The van der Waals surface area contributed by atoms with Crippen LogP contribution in [-0.2, 0) is 4.74 Å². The van der Waals surface area contributed by atoms with Gasteiger partial charge in [0.25, 0.3) is 0 Å². The molecule has 0 aromatic rings. The first-order valence-corrected chi connectivity index (χ1v) is 8.24. The van der Waals surface area contributed by atoms with Crippen molar-refractivity contribution >= 4 is 17.6 Å². The zero-order chi connectivity index (χ0) is 18.3. The molecule has 1 aliphatic rings. The number of amides is 2. The summed E-state index contributed by atoms with van der Waals surface area (Å²) in [7, 11) is 0. The molecule has 0 spiro atoms. The van der Waals surface area contributed by atoms with Crippen LogP contribution in [0.15, 0.2) is 5.29 Å². The summed E-state index contributed by atoms with van der Waals surface area (Å²) in [5.74, 6) is -0.0201. The van der Waals surface area contributed by atoms with Crippen LogP contribution >= 0.6 is 11.6 Å². The van der Waals surface area contributed by atoms with Crippen LogP contribution in [0.4, 0.5) is 4.79 Å². The molecule has 4 N–H and O–H groups in total. The molecule has 2 amide bonds. The van der Waals surface area contributed by atoms with Crippen LogP contribution in [0, 0.1) is 4.91 Å².